The molecule has 134 valence electrons. The monoisotopic (exact) mass is 366 g/mol. The van der Waals surface area contributed by atoms with Crippen LogP contribution in [0.5, 0.6) is 5.88 Å². The number of nitrogens with one attached hydrogen (secondary N) is 1. The Morgan fingerprint density at radius 2 is 2.00 bits per heavy atom. The number of pyridine rings is 1. The molecule has 1 amide bonds. The van der Waals surface area contributed by atoms with E-state index in [1.54, 1.807) is 6.20 Å². The molecule has 0 aliphatic carbocycles. The SMILES string of the molecule is CCCOc1ncccc1CNC(=O)c1sccc1-c1ccc(C)cc1. The van der Waals surface area contributed by atoms with Crippen LogP contribution < -0.4 is 10.1 Å². The molecule has 0 saturated heterocycles. The number of ether oxygens (including phenoxy) is 1. The lowest BCUT2D eigenvalue weighted by molar-refractivity contribution is 0.0955. The Bertz CT molecular complexity index is 872. The number of hydrogen-bond donors (Lipinski definition) is 1. The summed E-state index contributed by atoms with van der Waals surface area (Å²) in [5.41, 5.74) is 4.09. The van der Waals surface area contributed by atoms with Gasteiger partial charge in [-0.3, -0.25) is 4.79 Å². The third kappa shape index (κ3) is 4.29. The van der Waals surface area contributed by atoms with Crippen LogP contribution in [0.2, 0.25) is 0 Å². The van der Waals surface area contributed by atoms with Crippen molar-refractivity contribution in [1.29, 1.82) is 0 Å². The van der Waals surface area contributed by atoms with E-state index in [0.29, 0.717) is 23.9 Å². The van der Waals surface area contributed by atoms with Crippen molar-refractivity contribution in [2.75, 3.05) is 6.61 Å². The molecule has 0 atom stereocenters. The van der Waals surface area contributed by atoms with Gasteiger partial charge in [0, 0.05) is 23.9 Å². The van der Waals surface area contributed by atoms with Gasteiger partial charge in [0.1, 0.15) is 0 Å². The molecule has 5 heteroatoms. The van der Waals surface area contributed by atoms with E-state index in [1.807, 2.05) is 42.6 Å². The highest BCUT2D eigenvalue weighted by molar-refractivity contribution is 7.12. The lowest BCUT2D eigenvalue weighted by Gasteiger charge is -2.11. The number of carbonyl (C=O) groups is 1. The molecular weight excluding hydrogens is 344 g/mol. The second-order valence-electron chi connectivity index (χ2n) is 6.03. The fourth-order valence-electron chi connectivity index (χ4n) is 2.59. The molecule has 0 bridgehead atoms. The number of aryl methyl sites for hydroxylation is 1. The molecule has 3 aromatic rings. The molecule has 0 aliphatic rings. The predicted molar refractivity (Wildman–Crippen MR) is 106 cm³/mol. The molecule has 0 spiro atoms. The van der Waals surface area contributed by atoms with E-state index < -0.39 is 0 Å². The Labute approximate surface area is 157 Å². The lowest BCUT2D eigenvalue weighted by atomic mass is 10.0. The number of benzene rings is 1. The third-order valence-corrected chi connectivity index (χ3v) is 4.88. The Hall–Kier alpha value is -2.66. The van der Waals surface area contributed by atoms with Gasteiger partial charge in [-0.15, -0.1) is 11.3 Å². The summed E-state index contributed by atoms with van der Waals surface area (Å²) in [5, 5.41) is 4.94. The Morgan fingerprint density at radius 3 is 2.77 bits per heavy atom. The maximum Gasteiger partial charge on any atom is 0.262 e. The molecule has 1 N–H and O–H groups in total. The van der Waals surface area contributed by atoms with Crippen molar-refractivity contribution < 1.29 is 9.53 Å². The van der Waals surface area contributed by atoms with Gasteiger partial charge < -0.3 is 10.1 Å². The summed E-state index contributed by atoms with van der Waals surface area (Å²) in [6, 6.07) is 14.0. The number of carbonyl (C=O) groups excluding carboxylic acids is 1. The van der Waals surface area contributed by atoms with Crippen molar-refractivity contribution in [1.82, 2.24) is 10.3 Å². The summed E-state index contributed by atoms with van der Waals surface area (Å²) in [6.07, 6.45) is 2.61. The topological polar surface area (TPSA) is 51.2 Å². The largest absolute Gasteiger partial charge is 0.477 e. The molecule has 0 radical (unpaired) electrons. The molecule has 2 aromatic heterocycles. The van der Waals surface area contributed by atoms with E-state index in [9.17, 15) is 4.79 Å². The number of amides is 1. The van der Waals surface area contributed by atoms with E-state index >= 15 is 0 Å². The average Bonchev–Trinajstić information content (AvgIpc) is 3.15. The van der Waals surface area contributed by atoms with Crippen molar-refractivity contribution in [3.63, 3.8) is 0 Å². The first kappa shape index (κ1) is 18.1. The zero-order valence-electron chi connectivity index (χ0n) is 15.0. The summed E-state index contributed by atoms with van der Waals surface area (Å²) in [7, 11) is 0. The molecule has 26 heavy (non-hydrogen) atoms. The van der Waals surface area contributed by atoms with E-state index in [1.165, 1.54) is 16.9 Å². The van der Waals surface area contributed by atoms with Crippen LogP contribution in [0.3, 0.4) is 0 Å². The molecule has 2 heterocycles. The van der Waals surface area contributed by atoms with Crippen molar-refractivity contribution in [2.45, 2.75) is 26.8 Å². The van der Waals surface area contributed by atoms with E-state index in [0.717, 1.165) is 23.1 Å². The lowest BCUT2D eigenvalue weighted by Crippen LogP contribution is -2.23. The van der Waals surface area contributed by atoms with Crippen LogP contribution in [0.25, 0.3) is 11.1 Å². The zero-order valence-corrected chi connectivity index (χ0v) is 15.8. The molecule has 1 aromatic carbocycles. The number of hydrogen-bond acceptors (Lipinski definition) is 4. The van der Waals surface area contributed by atoms with Crippen LogP contribution in [-0.2, 0) is 6.54 Å². The Balaban J connectivity index is 1.72. The van der Waals surface area contributed by atoms with Crippen molar-refractivity contribution in [3.8, 4) is 17.0 Å². The van der Waals surface area contributed by atoms with Gasteiger partial charge in [-0.2, -0.15) is 0 Å². The first-order valence-corrected chi connectivity index (χ1v) is 9.56. The van der Waals surface area contributed by atoms with Crippen LogP contribution >= 0.6 is 11.3 Å². The summed E-state index contributed by atoms with van der Waals surface area (Å²) in [5.74, 6) is 0.500. The number of nitrogens with zero attached hydrogens (tertiary/aromatic N) is 1. The maximum atomic E-state index is 12.7. The van der Waals surface area contributed by atoms with Gasteiger partial charge >= 0.3 is 0 Å². The first-order valence-electron chi connectivity index (χ1n) is 8.68. The normalized spacial score (nSPS) is 10.5. The molecule has 3 rings (SSSR count). The summed E-state index contributed by atoms with van der Waals surface area (Å²) >= 11 is 1.45. The Morgan fingerprint density at radius 1 is 1.19 bits per heavy atom. The van der Waals surface area contributed by atoms with Crippen molar-refractivity contribution in [2.24, 2.45) is 0 Å². The van der Waals surface area contributed by atoms with Crippen LogP contribution in [0, 0.1) is 6.92 Å². The highest BCUT2D eigenvalue weighted by Crippen LogP contribution is 2.28. The van der Waals surface area contributed by atoms with E-state index in [4.69, 9.17) is 4.74 Å². The van der Waals surface area contributed by atoms with Crippen LogP contribution in [0.1, 0.15) is 34.1 Å². The van der Waals surface area contributed by atoms with Gasteiger partial charge in [-0.05, 0) is 36.4 Å². The number of rotatable bonds is 7. The van der Waals surface area contributed by atoms with Gasteiger partial charge in [-0.1, -0.05) is 42.8 Å². The maximum absolute atomic E-state index is 12.7. The minimum absolute atomic E-state index is 0.0825. The summed E-state index contributed by atoms with van der Waals surface area (Å²) in [4.78, 5) is 17.7. The van der Waals surface area contributed by atoms with Crippen LogP contribution in [0.4, 0.5) is 0 Å². The van der Waals surface area contributed by atoms with Gasteiger partial charge in [0.2, 0.25) is 5.88 Å². The first-order chi connectivity index (χ1) is 12.7. The van der Waals surface area contributed by atoms with Crippen LogP contribution in [0.15, 0.2) is 54.0 Å². The van der Waals surface area contributed by atoms with Gasteiger partial charge in [0.05, 0.1) is 11.5 Å². The smallest absolute Gasteiger partial charge is 0.262 e. The standard InChI is InChI=1S/C21H22N2O2S/c1-3-12-25-21-17(5-4-11-22-21)14-23-20(24)19-18(10-13-26-19)16-8-6-15(2)7-9-16/h4-11,13H,3,12,14H2,1-2H3,(H,23,24). The summed E-state index contributed by atoms with van der Waals surface area (Å²) in [6.45, 7) is 5.10. The fourth-order valence-corrected chi connectivity index (χ4v) is 3.42. The molecule has 0 unspecified atom stereocenters. The van der Waals surface area contributed by atoms with Crippen molar-refractivity contribution >= 4 is 17.2 Å². The predicted octanol–water partition coefficient (Wildman–Crippen LogP) is 4.84. The highest BCUT2D eigenvalue weighted by Gasteiger charge is 2.15. The fraction of sp³-hybridized carbons (Fsp3) is 0.238. The Kier molecular flexibility index (Phi) is 6.02. The van der Waals surface area contributed by atoms with Gasteiger partial charge in [0.25, 0.3) is 5.91 Å². The minimum Gasteiger partial charge on any atom is -0.477 e. The molecule has 0 saturated carbocycles. The minimum atomic E-state index is -0.0825. The van der Waals surface area contributed by atoms with Gasteiger partial charge in [0.15, 0.2) is 0 Å². The van der Waals surface area contributed by atoms with E-state index in [2.05, 4.69) is 29.4 Å². The molecule has 4 nitrogen and oxygen atoms in total. The van der Waals surface area contributed by atoms with E-state index in [-0.39, 0.29) is 5.91 Å². The van der Waals surface area contributed by atoms with Gasteiger partial charge in [-0.25, -0.2) is 4.98 Å². The van der Waals surface area contributed by atoms with Crippen LogP contribution in [-0.4, -0.2) is 17.5 Å². The second-order valence-corrected chi connectivity index (χ2v) is 6.94. The number of thiophene rings is 1. The third-order valence-electron chi connectivity index (χ3n) is 3.97. The average molecular weight is 366 g/mol. The molecular formula is C21H22N2O2S. The zero-order chi connectivity index (χ0) is 18.4. The van der Waals surface area contributed by atoms with Crippen molar-refractivity contribution in [3.05, 3.63) is 70.0 Å². The second kappa shape index (κ2) is 8.63. The molecule has 0 fully saturated rings. The molecule has 0 aliphatic heterocycles. The highest BCUT2D eigenvalue weighted by atomic mass is 32.1. The number of aromatic nitrogens is 1. The summed E-state index contributed by atoms with van der Waals surface area (Å²) < 4.78 is 5.65. The quantitative estimate of drug-likeness (QED) is 0.651.